The molecule has 0 saturated carbocycles. The number of H-pyrrole nitrogens is 1. The van der Waals surface area contributed by atoms with Gasteiger partial charge in [-0.3, -0.25) is 4.79 Å². The molecule has 0 aliphatic heterocycles. The number of nitrogens with zero attached hydrogens (tertiary/aromatic N) is 4. The zero-order valence-corrected chi connectivity index (χ0v) is 12.9. The SMILES string of the molecule is CC(C)(C)C(=O)c1c[nH]c2ncc(-c3cnn(C(=O)O)c3)nc12. The third-order valence-corrected chi connectivity index (χ3v) is 3.38. The predicted octanol–water partition coefficient (Wildman–Crippen LogP) is 2.58. The number of carbonyl (C=O) groups is 2. The summed E-state index contributed by atoms with van der Waals surface area (Å²) in [7, 11) is 0. The largest absolute Gasteiger partial charge is 0.463 e. The number of carboxylic acid groups (broad SMARTS) is 1. The lowest BCUT2D eigenvalue weighted by atomic mass is 9.87. The van der Waals surface area contributed by atoms with Gasteiger partial charge in [-0.1, -0.05) is 20.8 Å². The molecule has 2 N–H and O–H groups in total. The van der Waals surface area contributed by atoms with Crippen LogP contribution in [-0.4, -0.2) is 41.7 Å². The van der Waals surface area contributed by atoms with Crippen LogP contribution in [0.1, 0.15) is 31.1 Å². The highest BCUT2D eigenvalue weighted by Crippen LogP contribution is 2.26. The normalized spacial score (nSPS) is 11.8. The standard InChI is InChI=1S/C15H15N5O3/c1-15(2,3)12(21)9-5-16-13-11(9)19-10(6-17-13)8-4-18-20(7-8)14(22)23/h4-7H,1-3H3,(H,16,17)(H,22,23). The molecule has 0 amide bonds. The van der Waals surface area contributed by atoms with E-state index in [2.05, 4.69) is 20.1 Å². The molecule has 8 nitrogen and oxygen atoms in total. The van der Waals surface area contributed by atoms with E-state index < -0.39 is 11.5 Å². The number of carbonyl (C=O) groups excluding carboxylic acids is 1. The van der Waals surface area contributed by atoms with Gasteiger partial charge in [-0.15, -0.1) is 0 Å². The van der Waals surface area contributed by atoms with Crippen LogP contribution in [0.2, 0.25) is 0 Å². The van der Waals surface area contributed by atoms with E-state index in [-0.39, 0.29) is 5.78 Å². The van der Waals surface area contributed by atoms with Gasteiger partial charge in [-0.05, 0) is 0 Å². The highest BCUT2D eigenvalue weighted by Gasteiger charge is 2.26. The average molecular weight is 313 g/mol. The molecule has 3 aromatic heterocycles. The van der Waals surface area contributed by atoms with Crippen molar-refractivity contribution in [3.63, 3.8) is 0 Å². The summed E-state index contributed by atoms with van der Waals surface area (Å²) in [6.45, 7) is 5.51. The van der Waals surface area contributed by atoms with Crippen molar-refractivity contribution < 1.29 is 14.7 Å². The van der Waals surface area contributed by atoms with Crippen LogP contribution in [-0.2, 0) is 0 Å². The lowest BCUT2D eigenvalue weighted by Crippen LogP contribution is -2.20. The summed E-state index contributed by atoms with van der Waals surface area (Å²) in [6, 6.07) is 0. The minimum Gasteiger partial charge on any atom is -0.463 e. The van der Waals surface area contributed by atoms with Crippen LogP contribution in [0.5, 0.6) is 0 Å². The third kappa shape index (κ3) is 2.59. The zero-order chi connectivity index (χ0) is 16.8. The van der Waals surface area contributed by atoms with Gasteiger partial charge >= 0.3 is 6.09 Å². The second-order valence-electron chi connectivity index (χ2n) is 6.19. The maximum atomic E-state index is 12.5. The second kappa shape index (κ2) is 5.01. The quantitative estimate of drug-likeness (QED) is 0.703. The molecule has 0 aromatic carbocycles. The minimum absolute atomic E-state index is 0.0450. The Morgan fingerprint density at radius 2 is 2.00 bits per heavy atom. The van der Waals surface area contributed by atoms with Crippen molar-refractivity contribution in [2.75, 3.05) is 0 Å². The van der Waals surface area contributed by atoms with Crippen molar-refractivity contribution in [2.24, 2.45) is 5.41 Å². The number of ketones is 1. The van der Waals surface area contributed by atoms with Crippen LogP contribution >= 0.6 is 0 Å². The molecule has 8 heteroatoms. The van der Waals surface area contributed by atoms with Crippen molar-refractivity contribution >= 4 is 23.0 Å². The van der Waals surface area contributed by atoms with Crippen LogP contribution in [0.4, 0.5) is 4.79 Å². The number of rotatable bonds is 2. The molecule has 0 fully saturated rings. The van der Waals surface area contributed by atoms with Gasteiger partial charge in [0.25, 0.3) is 0 Å². The first kappa shape index (κ1) is 14.9. The van der Waals surface area contributed by atoms with E-state index in [1.165, 1.54) is 18.6 Å². The Kier molecular flexibility index (Phi) is 3.24. The van der Waals surface area contributed by atoms with Crippen molar-refractivity contribution in [3.8, 4) is 11.3 Å². The molecule has 0 aliphatic rings. The Bertz CT molecular complexity index is 917. The van der Waals surface area contributed by atoms with E-state index >= 15 is 0 Å². The van der Waals surface area contributed by atoms with Gasteiger partial charge < -0.3 is 10.1 Å². The van der Waals surface area contributed by atoms with E-state index in [4.69, 9.17) is 5.11 Å². The summed E-state index contributed by atoms with van der Waals surface area (Å²) >= 11 is 0. The molecule has 23 heavy (non-hydrogen) atoms. The highest BCUT2D eigenvalue weighted by molar-refractivity contribution is 6.08. The molecule has 3 aromatic rings. The van der Waals surface area contributed by atoms with Crippen molar-refractivity contribution in [2.45, 2.75) is 20.8 Å². The predicted molar refractivity (Wildman–Crippen MR) is 82.3 cm³/mol. The Hall–Kier alpha value is -3.03. The summed E-state index contributed by atoms with van der Waals surface area (Å²) in [5.41, 5.74) is 1.86. The topological polar surface area (TPSA) is 114 Å². The average Bonchev–Trinajstić information content (AvgIpc) is 3.12. The fourth-order valence-electron chi connectivity index (χ4n) is 2.17. The summed E-state index contributed by atoms with van der Waals surface area (Å²) in [5.74, 6) is -0.0450. The molecule has 118 valence electrons. The first-order valence-corrected chi connectivity index (χ1v) is 6.94. The van der Waals surface area contributed by atoms with Gasteiger partial charge in [0.05, 0.1) is 23.7 Å². The summed E-state index contributed by atoms with van der Waals surface area (Å²) < 4.78 is 0.791. The number of aromatic nitrogens is 5. The van der Waals surface area contributed by atoms with Crippen LogP contribution in [0.3, 0.4) is 0 Å². The molecular weight excluding hydrogens is 298 g/mol. The number of hydrogen-bond acceptors (Lipinski definition) is 5. The summed E-state index contributed by atoms with van der Waals surface area (Å²) in [5, 5.41) is 12.6. The van der Waals surface area contributed by atoms with E-state index in [1.807, 2.05) is 20.8 Å². The number of fused-ring (bicyclic) bond motifs is 1. The molecule has 0 unspecified atom stereocenters. The molecule has 0 aliphatic carbocycles. The first-order chi connectivity index (χ1) is 10.8. The van der Waals surface area contributed by atoms with E-state index in [1.54, 1.807) is 6.20 Å². The van der Waals surface area contributed by atoms with Gasteiger partial charge in [-0.25, -0.2) is 14.8 Å². The third-order valence-electron chi connectivity index (χ3n) is 3.38. The lowest BCUT2D eigenvalue weighted by Gasteiger charge is -2.15. The van der Waals surface area contributed by atoms with Gasteiger partial charge in [-0.2, -0.15) is 9.78 Å². The van der Waals surface area contributed by atoms with Gasteiger partial charge in [0.2, 0.25) is 0 Å². The monoisotopic (exact) mass is 313 g/mol. The summed E-state index contributed by atoms with van der Waals surface area (Å²) in [4.78, 5) is 35.0. The fourth-order valence-corrected chi connectivity index (χ4v) is 2.17. The number of aromatic amines is 1. The van der Waals surface area contributed by atoms with Crippen LogP contribution in [0, 0.1) is 5.41 Å². The van der Waals surface area contributed by atoms with Gasteiger partial charge in [0, 0.05) is 23.4 Å². The van der Waals surface area contributed by atoms with E-state index in [0.717, 1.165) is 4.68 Å². The molecule has 0 spiro atoms. The van der Waals surface area contributed by atoms with Crippen molar-refractivity contribution in [1.29, 1.82) is 0 Å². The van der Waals surface area contributed by atoms with Crippen molar-refractivity contribution in [3.05, 3.63) is 30.4 Å². The molecule has 0 radical (unpaired) electrons. The molecule has 0 bridgehead atoms. The minimum atomic E-state index is -1.18. The summed E-state index contributed by atoms with van der Waals surface area (Å²) in [6.07, 6.45) is 4.66. The van der Waals surface area contributed by atoms with Gasteiger partial charge in [0.15, 0.2) is 11.4 Å². The maximum absolute atomic E-state index is 12.5. The van der Waals surface area contributed by atoms with Crippen molar-refractivity contribution in [1.82, 2.24) is 24.7 Å². The van der Waals surface area contributed by atoms with Crippen LogP contribution in [0.25, 0.3) is 22.4 Å². The van der Waals surface area contributed by atoms with E-state index in [9.17, 15) is 9.59 Å². The van der Waals surface area contributed by atoms with Crippen LogP contribution in [0.15, 0.2) is 24.8 Å². The zero-order valence-electron chi connectivity index (χ0n) is 12.9. The molecule has 3 heterocycles. The first-order valence-electron chi connectivity index (χ1n) is 6.94. The Labute approximate surface area is 131 Å². The van der Waals surface area contributed by atoms with Gasteiger partial charge in [0.1, 0.15) is 5.52 Å². The molecule has 0 atom stereocenters. The number of Topliss-reactive ketones (excluding diaryl/α,β-unsaturated/α-hetero) is 1. The number of hydrogen-bond donors (Lipinski definition) is 2. The Balaban J connectivity index is 2.10. The maximum Gasteiger partial charge on any atom is 0.432 e. The second-order valence-corrected chi connectivity index (χ2v) is 6.19. The fraction of sp³-hybridized carbons (Fsp3) is 0.267. The molecule has 0 saturated heterocycles. The Morgan fingerprint density at radius 3 is 2.61 bits per heavy atom. The molecular formula is C15H15N5O3. The highest BCUT2D eigenvalue weighted by atomic mass is 16.4. The Morgan fingerprint density at radius 1 is 1.26 bits per heavy atom. The van der Waals surface area contributed by atoms with E-state index in [0.29, 0.717) is 28.0 Å². The smallest absolute Gasteiger partial charge is 0.432 e. The number of nitrogens with one attached hydrogen (secondary N) is 1. The lowest BCUT2D eigenvalue weighted by molar-refractivity contribution is 0.0860. The van der Waals surface area contributed by atoms with Crippen LogP contribution < -0.4 is 0 Å². The molecule has 3 rings (SSSR count).